The second-order valence-electron chi connectivity index (χ2n) is 7.63. The Balaban J connectivity index is 0.00000676. The zero-order chi connectivity index (χ0) is 19.6. The van der Waals surface area contributed by atoms with Crippen LogP contribution in [0.2, 0.25) is 0 Å². The fourth-order valence-electron chi connectivity index (χ4n) is 2.72. The van der Waals surface area contributed by atoms with E-state index in [1.54, 1.807) is 14.2 Å². The van der Waals surface area contributed by atoms with Gasteiger partial charge in [0.25, 0.3) is 0 Å². The molecule has 0 aromatic carbocycles. The van der Waals surface area contributed by atoms with Crippen LogP contribution < -0.4 is 15.4 Å². The standard InChI is InChI=1S/C17H36N4O4S.HI/c1-17(2,3)15(24-5)13-20-16(18-4)19-9-11-26(22,23)21-12-14-8-6-7-10-25-14;/h14-15,21H,6-13H2,1-5H3,(H2,18,19,20);1H. The molecule has 8 nitrogen and oxygen atoms in total. The molecule has 1 saturated heterocycles. The van der Waals surface area contributed by atoms with Gasteiger partial charge in [0.1, 0.15) is 0 Å². The number of methoxy groups -OCH3 is 1. The van der Waals surface area contributed by atoms with Crippen molar-refractivity contribution in [3.8, 4) is 0 Å². The van der Waals surface area contributed by atoms with E-state index in [1.807, 2.05) is 0 Å². The molecule has 3 N–H and O–H groups in total. The van der Waals surface area contributed by atoms with Crippen molar-refractivity contribution >= 4 is 40.0 Å². The highest BCUT2D eigenvalue weighted by Gasteiger charge is 2.24. The predicted molar refractivity (Wildman–Crippen MR) is 120 cm³/mol. The fourth-order valence-corrected chi connectivity index (χ4v) is 3.67. The van der Waals surface area contributed by atoms with E-state index in [1.165, 1.54) is 0 Å². The topological polar surface area (TPSA) is 101 Å². The van der Waals surface area contributed by atoms with E-state index in [9.17, 15) is 8.42 Å². The van der Waals surface area contributed by atoms with Crippen molar-refractivity contribution in [2.75, 3.05) is 46.2 Å². The Hall–Kier alpha value is -0.170. The average molecular weight is 520 g/mol. The van der Waals surface area contributed by atoms with E-state index in [-0.39, 0.29) is 53.9 Å². The maximum atomic E-state index is 12.1. The quantitative estimate of drug-likeness (QED) is 0.241. The number of rotatable bonds is 9. The zero-order valence-electron chi connectivity index (χ0n) is 17.2. The van der Waals surface area contributed by atoms with Gasteiger partial charge >= 0.3 is 0 Å². The summed E-state index contributed by atoms with van der Waals surface area (Å²) >= 11 is 0. The second-order valence-corrected chi connectivity index (χ2v) is 9.55. The highest BCUT2D eigenvalue weighted by molar-refractivity contribution is 14.0. The van der Waals surface area contributed by atoms with Gasteiger partial charge in [0.05, 0.1) is 18.0 Å². The number of halogens is 1. The number of nitrogens with zero attached hydrogens (tertiary/aromatic N) is 1. The lowest BCUT2D eigenvalue weighted by molar-refractivity contribution is 0.0200. The minimum atomic E-state index is -3.34. The summed E-state index contributed by atoms with van der Waals surface area (Å²) in [6, 6.07) is 0. The SMILES string of the molecule is CN=C(NCCS(=O)(=O)NCC1CCCCO1)NCC(OC)C(C)(C)C.I. The first-order valence-electron chi connectivity index (χ1n) is 9.24. The van der Waals surface area contributed by atoms with Crippen molar-refractivity contribution in [2.24, 2.45) is 10.4 Å². The molecule has 1 rings (SSSR count). The maximum Gasteiger partial charge on any atom is 0.213 e. The van der Waals surface area contributed by atoms with E-state index < -0.39 is 10.0 Å². The van der Waals surface area contributed by atoms with Crippen molar-refractivity contribution < 1.29 is 17.9 Å². The number of hydrogen-bond donors (Lipinski definition) is 3. The van der Waals surface area contributed by atoms with Crippen LogP contribution in [0.5, 0.6) is 0 Å². The summed E-state index contributed by atoms with van der Waals surface area (Å²) in [7, 11) is -0.00723. The van der Waals surface area contributed by atoms with Crippen LogP contribution in [0.15, 0.2) is 4.99 Å². The Morgan fingerprint density at radius 3 is 2.52 bits per heavy atom. The first-order chi connectivity index (χ1) is 12.2. The third-order valence-corrected chi connectivity index (χ3v) is 5.75. The molecule has 1 aliphatic heterocycles. The van der Waals surface area contributed by atoms with E-state index in [4.69, 9.17) is 9.47 Å². The maximum absolute atomic E-state index is 12.1. The monoisotopic (exact) mass is 520 g/mol. The molecule has 10 heteroatoms. The summed E-state index contributed by atoms with van der Waals surface area (Å²) in [5, 5.41) is 6.20. The van der Waals surface area contributed by atoms with Gasteiger partial charge in [-0.1, -0.05) is 20.8 Å². The van der Waals surface area contributed by atoms with Crippen LogP contribution in [0.4, 0.5) is 0 Å². The Morgan fingerprint density at radius 1 is 1.30 bits per heavy atom. The zero-order valence-corrected chi connectivity index (χ0v) is 20.4. The van der Waals surface area contributed by atoms with Gasteiger partial charge in [0.2, 0.25) is 10.0 Å². The predicted octanol–water partition coefficient (Wildman–Crippen LogP) is 1.32. The number of nitrogens with one attached hydrogen (secondary N) is 3. The molecule has 0 aromatic rings. The van der Waals surface area contributed by atoms with Gasteiger partial charge in [-0.05, 0) is 24.7 Å². The molecular formula is C17H37IN4O4S. The lowest BCUT2D eigenvalue weighted by atomic mass is 9.89. The van der Waals surface area contributed by atoms with Crippen LogP contribution >= 0.6 is 24.0 Å². The molecule has 0 aromatic heterocycles. The summed E-state index contributed by atoms with van der Waals surface area (Å²) in [6.07, 6.45) is 3.06. The average Bonchev–Trinajstić information content (AvgIpc) is 2.58. The molecule has 162 valence electrons. The fraction of sp³-hybridized carbons (Fsp3) is 0.941. The summed E-state index contributed by atoms with van der Waals surface area (Å²) < 4.78 is 37.9. The van der Waals surface area contributed by atoms with Crippen molar-refractivity contribution in [1.29, 1.82) is 0 Å². The number of hydrogen-bond acceptors (Lipinski definition) is 5. The molecule has 0 radical (unpaired) electrons. The van der Waals surface area contributed by atoms with Gasteiger partial charge in [-0.2, -0.15) is 0 Å². The van der Waals surface area contributed by atoms with Crippen LogP contribution in [0.3, 0.4) is 0 Å². The number of guanidine groups is 1. The van der Waals surface area contributed by atoms with Crippen LogP contribution in [0.25, 0.3) is 0 Å². The first-order valence-corrected chi connectivity index (χ1v) is 10.9. The highest BCUT2D eigenvalue weighted by Crippen LogP contribution is 2.20. The Bertz CT molecular complexity index is 532. The number of ether oxygens (including phenoxy) is 2. The van der Waals surface area contributed by atoms with Crippen molar-refractivity contribution in [3.63, 3.8) is 0 Å². The molecule has 0 spiro atoms. The van der Waals surface area contributed by atoms with E-state index in [0.29, 0.717) is 25.7 Å². The molecule has 0 bridgehead atoms. The second kappa shape index (κ2) is 13.1. The van der Waals surface area contributed by atoms with Crippen molar-refractivity contribution in [2.45, 2.75) is 52.2 Å². The van der Waals surface area contributed by atoms with Gasteiger partial charge < -0.3 is 20.1 Å². The largest absolute Gasteiger partial charge is 0.379 e. The van der Waals surface area contributed by atoms with Crippen LogP contribution in [-0.2, 0) is 19.5 Å². The molecule has 1 fully saturated rings. The summed E-state index contributed by atoms with van der Waals surface area (Å²) in [5.74, 6) is 0.537. The summed E-state index contributed by atoms with van der Waals surface area (Å²) in [4.78, 5) is 4.12. The Labute approximate surface area is 181 Å². The van der Waals surface area contributed by atoms with Crippen molar-refractivity contribution in [1.82, 2.24) is 15.4 Å². The van der Waals surface area contributed by atoms with Crippen LogP contribution in [0, 0.1) is 5.41 Å². The normalized spacial score (nSPS) is 19.9. The minimum Gasteiger partial charge on any atom is -0.379 e. The third-order valence-electron chi connectivity index (χ3n) is 4.40. The molecule has 1 heterocycles. The lowest BCUT2D eigenvalue weighted by Gasteiger charge is -2.30. The molecule has 1 aliphatic rings. The van der Waals surface area contributed by atoms with Gasteiger partial charge in [0.15, 0.2) is 5.96 Å². The van der Waals surface area contributed by atoms with E-state index in [0.717, 1.165) is 19.3 Å². The van der Waals surface area contributed by atoms with Gasteiger partial charge in [0, 0.05) is 40.4 Å². The molecular weight excluding hydrogens is 483 g/mol. The molecule has 2 unspecified atom stereocenters. The highest BCUT2D eigenvalue weighted by atomic mass is 127. The molecule has 0 saturated carbocycles. The third kappa shape index (κ3) is 11.4. The smallest absolute Gasteiger partial charge is 0.213 e. The van der Waals surface area contributed by atoms with Gasteiger partial charge in [-0.15, -0.1) is 24.0 Å². The van der Waals surface area contributed by atoms with Crippen LogP contribution in [0.1, 0.15) is 40.0 Å². The lowest BCUT2D eigenvalue weighted by Crippen LogP contribution is -2.46. The van der Waals surface area contributed by atoms with Gasteiger partial charge in [-0.3, -0.25) is 4.99 Å². The van der Waals surface area contributed by atoms with Crippen molar-refractivity contribution in [3.05, 3.63) is 0 Å². The van der Waals surface area contributed by atoms with Crippen LogP contribution in [-0.4, -0.2) is 72.7 Å². The summed E-state index contributed by atoms with van der Waals surface area (Å²) in [5.41, 5.74) is -0.00491. The number of sulfonamides is 1. The molecule has 2 atom stereocenters. The Kier molecular flexibility index (Phi) is 13.0. The molecule has 0 amide bonds. The first kappa shape index (κ1) is 26.8. The summed E-state index contributed by atoms with van der Waals surface area (Å²) in [6.45, 7) is 8.23. The number of aliphatic imine (C=N–C) groups is 1. The minimum absolute atomic E-state index is 0. The molecule has 0 aliphatic carbocycles. The van der Waals surface area contributed by atoms with E-state index >= 15 is 0 Å². The molecule has 27 heavy (non-hydrogen) atoms. The Morgan fingerprint density at radius 2 is 2.00 bits per heavy atom. The van der Waals surface area contributed by atoms with E-state index in [2.05, 4.69) is 41.1 Å². The van der Waals surface area contributed by atoms with Gasteiger partial charge in [-0.25, -0.2) is 13.1 Å².